The van der Waals surface area contributed by atoms with E-state index < -0.39 is 0 Å². The average Bonchev–Trinajstić information content (AvgIpc) is 2.70. The first-order valence-corrected chi connectivity index (χ1v) is 6.57. The predicted octanol–water partition coefficient (Wildman–Crippen LogP) is 1.43. The minimum Gasteiger partial charge on any atom is -0.475 e. The van der Waals surface area contributed by atoms with Crippen molar-refractivity contribution in [2.75, 3.05) is 27.2 Å². The molecule has 2 rings (SSSR count). The molecule has 0 aromatic carbocycles. The van der Waals surface area contributed by atoms with Crippen LogP contribution >= 0.6 is 11.3 Å². The predicted molar refractivity (Wildman–Crippen MR) is 72.1 cm³/mol. The van der Waals surface area contributed by atoms with Crippen molar-refractivity contribution in [3.05, 3.63) is 16.6 Å². The third kappa shape index (κ3) is 2.95. The molecule has 0 atom stereocenters. The normalized spacial score (nSPS) is 11.4. The summed E-state index contributed by atoms with van der Waals surface area (Å²) in [7, 11) is 4.00. The molecule has 0 aliphatic heterocycles. The lowest BCUT2D eigenvalue weighted by Gasteiger charge is -2.11. The lowest BCUT2D eigenvalue weighted by atomic mass is 10.4. The van der Waals surface area contributed by atoms with Crippen molar-refractivity contribution >= 4 is 21.7 Å². The molecule has 2 heterocycles. The van der Waals surface area contributed by atoms with Crippen LogP contribution < -0.4 is 4.74 Å². The topological polar surface area (TPSA) is 58.5 Å². The Balaban J connectivity index is 2.19. The van der Waals surface area contributed by atoms with E-state index in [2.05, 4.69) is 14.9 Å². The van der Waals surface area contributed by atoms with Crippen molar-refractivity contribution in [2.24, 2.45) is 0 Å². The lowest BCUT2D eigenvalue weighted by molar-refractivity contribution is 0.252. The first-order valence-electron chi connectivity index (χ1n) is 5.75. The van der Waals surface area contributed by atoms with Gasteiger partial charge in [-0.3, -0.25) is 0 Å². The fraction of sp³-hybridized carbons (Fsp3) is 0.500. The number of aliphatic hydroxyl groups excluding tert-OH is 1. The van der Waals surface area contributed by atoms with E-state index in [1.54, 1.807) is 0 Å². The number of hydrogen-bond acceptors (Lipinski definition) is 6. The van der Waals surface area contributed by atoms with Crippen molar-refractivity contribution in [1.82, 2.24) is 14.9 Å². The Morgan fingerprint density at radius 1 is 1.39 bits per heavy atom. The maximum absolute atomic E-state index is 9.10. The van der Waals surface area contributed by atoms with Crippen LogP contribution in [0.25, 0.3) is 10.3 Å². The monoisotopic (exact) mass is 267 g/mol. The summed E-state index contributed by atoms with van der Waals surface area (Å²) in [5.41, 5.74) is 1.57. The van der Waals surface area contributed by atoms with Gasteiger partial charge < -0.3 is 14.7 Å². The number of likely N-dealkylation sites (N-methyl/N-ethyl adjacent to an activating group) is 1. The smallest absolute Gasteiger partial charge is 0.236 e. The van der Waals surface area contributed by atoms with Crippen molar-refractivity contribution in [3.8, 4) is 5.88 Å². The number of fused-ring (bicyclic) bond motifs is 1. The molecule has 0 unspecified atom stereocenters. The van der Waals surface area contributed by atoms with Crippen LogP contribution in [0.3, 0.4) is 0 Å². The number of rotatable bonds is 5. The zero-order chi connectivity index (χ0) is 13.1. The largest absolute Gasteiger partial charge is 0.475 e. The van der Waals surface area contributed by atoms with Crippen LogP contribution in [0.15, 0.2) is 6.07 Å². The molecular weight excluding hydrogens is 250 g/mol. The fourth-order valence-corrected chi connectivity index (χ4v) is 2.39. The third-order valence-corrected chi connectivity index (χ3v) is 3.48. The zero-order valence-electron chi connectivity index (χ0n) is 10.8. The number of thiophene rings is 1. The molecule has 6 heteroatoms. The van der Waals surface area contributed by atoms with Gasteiger partial charge in [0.15, 0.2) is 0 Å². The summed E-state index contributed by atoms with van der Waals surface area (Å²) < 4.78 is 5.63. The Hall–Kier alpha value is -1.24. The van der Waals surface area contributed by atoms with Gasteiger partial charge in [-0.15, -0.1) is 11.3 Å². The number of ether oxygens (including phenoxy) is 1. The maximum atomic E-state index is 9.10. The number of aromatic nitrogens is 2. The first kappa shape index (κ1) is 13.2. The van der Waals surface area contributed by atoms with Gasteiger partial charge in [0.2, 0.25) is 5.88 Å². The van der Waals surface area contributed by atoms with Crippen molar-refractivity contribution < 1.29 is 9.84 Å². The van der Waals surface area contributed by atoms with E-state index in [9.17, 15) is 0 Å². The number of aryl methyl sites for hydroxylation is 1. The maximum Gasteiger partial charge on any atom is 0.236 e. The average molecular weight is 267 g/mol. The molecule has 0 aliphatic carbocycles. The summed E-state index contributed by atoms with van der Waals surface area (Å²) in [6.45, 7) is 3.34. The van der Waals surface area contributed by atoms with E-state index in [1.165, 1.54) is 11.3 Å². The van der Waals surface area contributed by atoms with Crippen molar-refractivity contribution in [3.63, 3.8) is 0 Å². The van der Waals surface area contributed by atoms with Crippen molar-refractivity contribution in [1.29, 1.82) is 0 Å². The second-order valence-corrected chi connectivity index (χ2v) is 5.44. The van der Waals surface area contributed by atoms with Gasteiger partial charge in [0, 0.05) is 11.4 Å². The Labute approximate surface area is 110 Å². The van der Waals surface area contributed by atoms with Crippen molar-refractivity contribution in [2.45, 2.75) is 13.5 Å². The zero-order valence-corrected chi connectivity index (χ0v) is 11.6. The number of hydrogen-bond donors (Lipinski definition) is 1. The molecule has 0 amide bonds. The van der Waals surface area contributed by atoms with E-state index in [0.717, 1.165) is 27.5 Å². The second kappa shape index (κ2) is 5.60. The minimum atomic E-state index is 0.0264. The van der Waals surface area contributed by atoms with Gasteiger partial charge in [-0.2, -0.15) is 0 Å². The highest BCUT2D eigenvalue weighted by atomic mass is 32.1. The molecule has 0 saturated carbocycles. The van der Waals surface area contributed by atoms with Crippen LogP contribution in [0.1, 0.15) is 10.6 Å². The summed E-state index contributed by atoms with van der Waals surface area (Å²) in [4.78, 5) is 12.7. The Bertz CT molecular complexity index is 539. The van der Waals surface area contributed by atoms with E-state index in [-0.39, 0.29) is 6.61 Å². The van der Waals surface area contributed by atoms with Gasteiger partial charge in [0.05, 0.1) is 6.61 Å². The highest BCUT2D eigenvalue weighted by molar-refractivity contribution is 7.18. The summed E-state index contributed by atoms with van der Waals surface area (Å²) in [5, 5.41) is 9.10. The molecule has 0 radical (unpaired) electrons. The molecule has 98 valence electrons. The summed E-state index contributed by atoms with van der Waals surface area (Å²) in [6, 6.07) is 1.85. The standard InChI is InChI=1S/C12H17N3O2S/c1-8-11(17-5-4-15(2)3)14-10-6-9(7-16)18-12(10)13-8/h6,16H,4-5,7H2,1-3H3. The summed E-state index contributed by atoms with van der Waals surface area (Å²) in [6.07, 6.45) is 0. The lowest BCUT2D eigenvalue weighted by Crippen LogP contribution is -2.20. The van der Waals surface area contributed by atoms with Crippen LogP contribution in [-0.4, -0.2) is 47.2 Å². The SMILES string of the molecule is Cc1nc2sc(CO)cc2nc1OCCN(C)C. The molecular formula is C12H17N3O2S. The molecule has 2 aromatic rings. The van der Waals surface area contributed by atoms with E-state index in [4.69, 9.17) is 9.84 Å². The molecule has 0 spiro atoms. The molecule has 5 nitrogen and oxygen atoms in total. The number of aliphatic hydroxyl groups is 1. The highest BCUT2D eigenvalue weighted by Crippen LogP contribution is 2.25. The van der Waals surface area contributed by atoms with Crippen LogP contribution in [0, 0.1) is 6.92 Å². The molecule has 0 saturated heterocycles. The molecule has 0 fully saturated rings. The van der Waals surface area contributed by atoms with Crippen LogP contribution in [0.5, 0.6) is 5.88 Å². The van der Waals surface area contributed by atoms with Gasteiger partial charge in [0.25, 0.3) is 0 Å². The third-order valence-electron chi connectivity index (χ3n) is 2.48. The highest BCUT2D eigenvalue weighted by Gasteiger charge is 2.09. The van der Waals surface area contributed by atoms with Crippen LogP contribution in [0.4, 0.5) is 0 Å². The van der Waals surface area contributed by atoms with Gasteiger partial charge in [-0.25, -0.2) is 9.97 Å². The minimum absolute atomic E-state index is 0.0264. The first-order chi connectivity index (χ1) is 8.60. The van der Waals surface area contributed by atoms with Gasteiger partial charge in [0.1, 0.15) is 22.6 Å². The van der Waals surface area contributed by atoms with Crippen LogP contribution in [-0.2, 0) is 6.61 Å². The Kier molecular flexibility index (Phi) is 4.11. The van der Waals surface area contributed by atoms with Crippen LogP contribution in [0.2, 0.25) is 0 Å². The molecule has 0 bridgehead atoms. The second-order valence-electron chi connectivity index (χ2n) is 4.33. The summed E-state index contributed by atoms with van der Waals surface area (Å²) in [5.74, 6) is 0.576. The molecule has 0 aliphatic rings. The van der Waals surface area contributed by atoms with E-state index >= 15 is 0 Å². The molecule has 2 aromatic heterocycles. The van der Waals surface area contributed by atoms with E-state index in [0.29, 0.717) is 12.5 Å². The molecule has 1 N–H and O–H groups in total. The van der Waals surface area contributed by atoms with Gasteiger partial charge >= 0.3 is 0 Å². The van der Waals surface area contributed by atoms with E-state index in [1.807, 2.05) is 27.1 Å². The van der Waals surface area contributed by atoms with Gasteiger partial charge in [-0.1, -0.05) is 0 Å². The quantitative estimate of drug-likeness (QED) is 0.888. The summed E-state index contributed by atoms with van der Waals surface area (Å²) >= 11 is 1.46. The fourth-order valence-electron chi connectivity index (χ4n) is 1.51. The Morgan fingerprint density at radius 2 is 2.17 bits per heavy atom. The Morgan fingerprint density at radius 3 is 2.83 bits per heavy atom. The molecule has 18 heavy (non-hydrogen) atoms. The number of nitrogens with zero attached hydrogens (tertiary/aromatic N) is 3. The van der Waals surface area contributed by atoms with Gasteiger partial charge in [-0.05, 0) is 27.1 Å².